The molecule has 0 saturated carbocycles. The van der Waals surface area contributed by atoms with Crippen molar-refractivity contribution >= 4 is 11.6 Å². The van der Waals surface area contributed by atoms with Crippen molar-refractivity contribution in [1.29, 1.82) is 0 Å². The van der Waals surface area contributed by atoms with Gasteiger partial charge in [0.1, 0.15) is 5.82 Å². The van der Waals surface area contributed by atoms with Crippen molar-refractivity contribution in [2.75, 3.05) is 19.6 Å². The van der Waals surface area contributed by atoms with Crippen molar-refractivity contribution in [3.8, 4) is 0 Å². The van der Waals surface area contributed by atoms with Crippen molar-refractivity contribution in [3.63, 3.8) is 0 Å². The minimum atomic E-state index is -0.445. The van der Waals surface area contributed by atoms with E-state index >= 15 is 0 Å². The average molecular weight is 438 g/mol. The van der Waals surface area contributed by atoms with Gasteiger partial charge in [-0.05, 0) is 91.2 Å². The molecular weight excluding hydrogens is 409 g/mol. The van der Waals surface area contributed by atoms with Gasteiger partial charge in [0, 0.05) is 11.6 Å². The summed E-state index contributed by atoms with van der Waals surface area (Å²) >= 11 is 5.95. The fourth-order valence-electron chi connectivity index (χ4n) is 4.39. The van der Waals surface area contributed by atoms with Gasteiger partial charge in [-0.15, -0.1) is 0 Å². The lowest BCUT2D eigenvalue weighted by Crippen LogP contribution is -2.34. The second-order valence-corrected chi connectivity index (χ2v) is 8.95. The molecule has 0 bridgehead atoms. The quantitative estimate of drug-likeness (QED) is 0.464. The highest BCUT2D eigenvalue weighted by molar-refractivity contribution is 6.30. The number of aliphatic hydroxyl groups is 1. The molecule has 0 amide bonds. The predicted molar refractivity (Wildman–Crippen MR) is 125 cm³/mol. The third kappa shape index (κ3) is 6.16. The molecule has 0 aliphatic carbocycles. The zero-order valence-corrected chi connectivity index (χ0v) is 18.4. The van der Waals surface area contributed by atoms with E-state index in [0.717, 1.165) is 55.9 Å². The third-order valence-corrected chi connectivity index (χ3v) is 6.59. The molecule has 1 aliphatic rings. The van der Waals surface area contributed by atoms with E-state index in [0.29, 0.717) is 5.92 Å². The standard InChI is InChI=1S/C27H29ClFNO/c28-25-9-3-21(4-10-25)19-20-1-5-24(6-2-20)27(31)15-18-30-16-13-23(14-17-30)22-7-11-26(29)12-8-22/h1-12,23,27,31H,13-19H2. The Morgan fingerprint density at radius 1 is 0.871 bits per heavy atom. The molecule has 0 aromatic heterocycles. The van der Waals surface area contributed by atoms with Gasteiger partial charge in [-0.1, -0.05) is 60.1 Å². The summed E-state index contributed by atoms with van der Waals surface area (Å²) in [6.07, 6.45) is 3.32. The SMILES string of the molecule is OC(CCN1CCC(c2ccc(F)cc2)CC1)c1ccc(Cc2ccc(Cl)cc2)cc1. The first-order valence-electron chi connectivity index (χ1n) is 11.1. The van der Waals surface area contributed by atoms with Crippen LogP contribution in [0, 0.1) is 5.82 Å². The molecule has 1 N–H and O–H groups in total. The molecular formula is C27H29ClFNO. The van der Waals surface area contributed by atoms with E-state index < -0.39 is 6.10 Å². The largest absolute Gasteiger partial charge is 0.388 e. The highest BCUT2D eigenvalue weighted by Crippen LogP contribution is 2.29. The number of nitrogens with zero attached hydrogens (tertiary/aromatic N) is 1. The summed E-state index contributed by atoms with van der Waals surface area (Å²) in [6, 6.07) is 23.1. The molecule has 1 fully saturated rings. The Bertz CT molecular complexity index is 948. The van der Waals surface area contributed by atoms with Crippen LogP contribution in [0.2, 0.25) is 5.02 Å². The molecule has 0 spiro atoms. The van der Waals surface area contributed by atoms with E-state index in [4.69, 9.17) is 11.6 Å². The Morgan fingerprint density at radius 3 is 2.06 bits per heavy atom. The van der Waals surface area contributed by atoms with E-state index in [1.807, 2.05) is 48.5 Å². The van der Waals surface area contributed by atoms with Crippen LogP contribution >= 0.6 is 11.6 Å². The maximum Gasteiger partial charge on any atom is 0.123 e. The lowest BCUT2D eigenvalue weighted by molar-refractivity contribution is 0.130. The van der Waals surface area contributed by atoms with Gasteiger partial charge in [0.2, 0.25) is 0 Å². The number of hydrogen-bond acceptors (Lipinski definition) is 2. The summed E-state index contributed by atoms with van der Waals surface area (Å²) in [5, 5.41) is 11.4. The van der Waals surface area contributed by atoms with Crippen LogP contribution in [0.25, 0.3) is 0 Å². The molecule has 4 rings (SSSR count). The molecule has 1 heterocycles. The van der Waals surface area contributed by atoms with Crippen LogP contribution < -0.4 is 0 Å². The number of hydrogen-bond donors (Lipinski definition) is 1. The smallest absolute Gasteiger partial charge is 0.123 e. The zero-order chi connectivity index (χ0) is 21.6. The summed E-state index contributed by atoms with van der Waals surface area (Å²) < 4.78 is 13.1. The van der Waals surface area contributed by atoms with Crippen LogP contribution in [0.3, 0.4) is 0 Å². The number of benzene rings is 3. The van der Waals surface area contributed by atoms with Crippen LogP contribution in [0.1, 0.15) is 53.5 Å². The van der Waals surface area contributed by atoms with Gasteiger partial charge in [0.05, 0.1) is 6.10 Å². The summed E-state index contributed by atoms with van der Waals surface area (Å²) in [4.78, 5) is 2.43. The molecule has 3 aromatic rings. The maximum absolute atomic E-state index is 13.1. The molecule has 1 atom stereocenters. The predicted octanol–water partition coefficient (Wildman–Crippen LogP) is 6.37. The third-order valence-electron chi connectivity index (χ3n) is 6.33. The van der Waals surface area contributed by atoms with Crippen LogP contribution in [0.4, 0.5) is 4.39 Å². The fraction of sp³-hybridized carbons (Fsp3) is 0.333. The first kappa shape index (κ1) is 22.0. The minimum absolute atomic E-state index is 0.173. The highest BCUT2D eigenvalue weighted by Gasteiger charge is 2.21. The normalized spacial score (nSPS) is 16.4. The zero-order valence-electron chi connectivity index (χ0n) is 17.7. The number of rotatable bonds is 7. The minimum Gasteiger partial charge on any atom is -0.388 e. The van der Waals surface area contributed by atoms with E-state index in [2.05, 4.69) is 17.0 Å². The van der Waals surface area contributed by atoms with Crippen LogP contribution in [0.5, 0.6) is 0 Å². The van der Waals surface area contributed by atoms with Crippen molar-refractivity contribution in [1.82, 2.24) is 4.90 Å². The molecule has 3 aromatic carbocycles. The molecule has 31 heavy (non-hydrogen) atoms. The average Bonchev–Trinajstić information content (AvgIpc) is 2.80. The fourth-order valence-corrected chi connectivity index (χ4v) is 4.52. The number of halogens is 2. The molecule has 0 radical (unpaired) electrons. The van der Waals surface area contributed by atoms with Crippen molar-refractivity contribution in [2.24, 2.45) is 0 Å². The summed E-state index contributed by atoms with van der Waals surface area (Å²) in [6.45, 7) is 2.94. The number of likely N-dealkylation sites (tertiary alicyclic amines) is 1. The van der Waals surface area contributed by atoms with Gasteiger partial charge < -0.3 is 10.0 Å². The van der Waals surface area contributed by atoms with Crippen molar-refractivity contribution in [2.45, 2.75) is 37.7 Å². The second-order valence-electron chi connectivity index (χ2n) is 8.52. The van der Waals surface area contributed by atoms with Gasteiger partial charge in [-0.2, -0.15) is 0 Å². The van der Waals surface area contributed by atoms with E-state index in [-0.39, 0.29) is 5.82 Å². The first-order chi connectivity index (χ1) is 15.1. The second kappa shape index (κ2) is 10.4. The lowest BCUT2D eigenvalue weighted by Gasteiger charge is -2.32. The summed E-state index contributed by atoms with van der Waals surface area (Å²) in [5.41, 5.74) is 4.66. The lowest BCUT2D eigenvalue weighted by atomic mass is 9.89. The summed E-state index contributed by atoms with van der Waals surface area (Å²) in [7, 11) is 0. The Kier molecular flexibility index (Phi) is 7.39. The Balaban J connectivity index is 1.23. The van der Waals surface area contributed by atoms with Crippen LogP contribution in [-0.2, 0) is 6.42 Å². The maximum atomic E-state index is 13.1. The Morgan fingerprint density at radius 2 is 1.45 bits per heavy atom. The van der Waals surface area contributed by atoms with E-state index in [9.17, 15) is 9.50 Å². The molecule has 4 heteroatoms. The van der Waals surface area contributed by atoms with Gasteiger partial charge in [0.15, 0.2) is 0 Å². The van der Waals surface area contributed by atoms with Gasteiger partial charge >= 0.3 is 0 Å². The molecule has 2 nitrogen and oxygen atoms in total. The highest BCUT2D eigenvalue weighted by atomic mass is 35.5. The van der Waals surface area contributed by atoms with Gasteiger partial charge in [-0.3, -0.25) is 0 Å². The molecule has 1 unspecified atom stereocenters. The first-order valence-corrected chi connectivity index (χ1v) is 11.4. The molecule has 1 aliphatic heterocycles. The van der Waals surface area contributed by atoms with Crippen LogP contribution in [0.15, 0.2) is 72.8 Å². The molecule has 1 saturated heterocycles. The van der Waals surface area contributed by atoms with Crippen molar-refractivity contribution < 1.29 is 9.50 Å². The van der Waals surface area contributed by atoms with Crippen molar-refractivity contribution in [3.05, 3.63) is 106 Å². The number of piperidine rings is 1. The monoisotopic (exact) mass is 437 g/mol. The van der Waals surface area contributed by atoms with Gasteiger partial charge in [0.25, 0.3) is 0 Å². The summed E-state index contributed by atoms with van der Waals surface area (Å²) in [5.74, 6) is 0.336. The topological polar surface area (TPSA) is 23.5 Å². The Hall–Kier alpha value is -2.20. The molecule has 162 valence electrons. The van der Waals surface area contributed by atoms with Gasteiger partial charge in [-0.25, -0.2) is 4.39 Å². The Labute approximate surface area is 189 Å². The number of aliphatic hydroxyl groups excluding tert-OH is 1. The van der Waals surface area contributed by atoms with Crippen LogP contribution in [-0.4, -0.2) is 29.6 Å². The van der Waals surface area contributed by atoms with E-state index in [1.165, 1.54) is 16.7 Å². The van der Waals surface area contributed by atoms with E-state index in [1.54, 1.807) is 12.1 Å².